The van der Waals surface area contributed by atoms with Crippen LogP contribution in [-0.4, -0.2) is 22.8 Å². The van der Waals surface area contributed by atoms with E-state index in [1.165, 1.54) is 6.07 Å². The molecule has 21 heavy (non-hydrogen) atoms. The zero-order valence-electron chi connectivity index (χ0n) is 12.5. The standard InChI is InChI=1S/C15H22F3NOS/c1-11(2)7-8-21(20)10-14(19-3)12-5-4-6-13(9-12)15(16,17)18/h4-6,9,11,14,19H,7-8,10H2,1-3H3. The summed E-state index contributed by atoms with van der Waals surface area (Å²) in [6, 6.07) is 4.86. The van der Waals surface area contributed by atoms with Crippen LogP contribution < -0.4 is 5.32 Å². The maximum atomic E-state index is 12.7. The number of benzene rings is 1. The van der Waals surface area contributed by atoms with Gasteiger partial charge in [0.1, 0.15) is 0 Å². The van der Waals surface area contributed by atoms with Crippen LogP contribution in [0.25, 0.3) is 0 Å². The van der Waals surface area contributed by atoms with Crippen molar-refractivity contribution >= 4 is 10.8 Å². The lowest BCUT2D eigenvalue weighted by Gasteiger charge is -2.18. The van der Waals surface area contributed by atoms with E-state index in [0.717, 1.165) is 18.6 Å². The summed E-state index contributed by atoms with van der Waals surface area (Å²) in [4.78, 5) is 0. The summed E-state index contributed by atoms with van der Waals surface area (Å²) in [5, 5.41) is 2.96. The first-order valence-corrected chi connectivity index (χ1v) is 8.42. The lowest BCUT2D eigenvalue weighted by atomic mass is 10.1. The fourth-order valence-electron chi connectivity index (χ4n) is 1.91. The van der Waals surface area contributed by atoms with Crippen LogP contribution in [-0.2, 0) is 17.0 Å². The molecule has 1 N–H and O–H groups in total. The Hall–Kier alpha value is -0.880. The van der Waals surface area contributed by atoms with Gasteiger partial charge >= 0.3 is 6.18 Å². The molecule has 0 bridgehead atoms. The summed E-state index contributed by atoms with van der Waals surface area (Å²) in [5.41, 5.74) is -0.154. The number of halogens is 3. The summed E-state index contributed by atoms with van der Waals surface area (Å²) in [5.74, 6) is 1.37. The number of nitrogens with one attached hydrogen (secondary N) is 1. The Morgan fingerprint density at radius 1 is 1.29 bits per heavy atom. The average Bonchev–Trinajstić information content (AvgIpc) is 2.41. The minimum Gasteiger partial charge on any atom is -0.312 e. The van der Waals surface area contributed by atoms with Gasteiger partial charge < -0.3 is 5.32 Å². The molecule has 1 aromatic rings. The van der Waals surface area contributed by atoms with Gasteiger partial charge in [-0.2, -0.15) is 13.2 Å². The van der Waals surface area contributed by atoms with Gasteiger partial charge in [0.25, 0.3) is 0 Å². The van der Waals surface area contributed by atoms with Crippen molar-refractivity contribution in [2.24, 2.45) is 5.92 Å². The zero-order chi connectivity index (χ0) is 16.0. The molecule has 2 atom stereocenters. The van der Waals surface area contributed by atoms with E-state index in [4.69, 9.17) is 0 Å². The highest BCUT2D eigenvalue weighted by Gasteiger charge is 2.31. The molecule has 0 aliphatic heterocycles. The molecular weight excluding hydrogens is 299 g/mol. The monoisotopic (exact) mass is 321 g/mol. The fourth-order valence-corrected chi connectivity index (χ4v) is 3.55. The molecule has 2 unspecified atom stereocenters. The Kier molecular flexibility index (Phi) is 6.87. The van der Waals surface area contributed by atoms with Crippen LogP contribution in [0.2, 0.25) is 0 Å². The van der Waals surface area contributed by atoms with E-state index in [1.54, 1.807) is 13.1 Å². The first kappa shape index (κ1) is 18.2. The van der Waals surface area contributed by atoms with Gasteiger partial charge in [0, 0.05) is 28.3 Å². The summed E-state index contributed by atoms with van der Waals surface area (Å²) in [6.45, 7) is 4.11. The Morgan fingerprint density at radius 2 is 1.95 bits per heavy atom. The largest absolute Gasteiger partial charge is 0.416 e. The van der Waals surface area contributed by atoms with E-state index in [9.17, 15) is 17.4 Å². The third-order valence-electron chi connectivity index (χ3n) is 3.24. The number of hydrogen-bond donors (Lipinski definition) is 1. The van der Waals surface area contributed by atoms with E-state index in [2.05, 4.69) is 19.2 Å². The molecule has 6 heteroatoms. The summed E-state index contributed by atoms with van der Waals surface area (Å²) in [6.07, 6.45) is -3.50. The first-order valence-electron chi connectivity index (χ1n) is 6.93. The Bertz CT molecular complexity index is 474. The van der Waals surface area contributed by atoms with Gasteiger partial charge in [-0.05, 0) is 37.1 Å². The maximum absolute atomic E-state index is 12.7. The summed E-state index contributed by atoms with van der Waals surface area (Å²) >= 11 is 0. The summed E-state index contributed by atoms with van der Waals surface area (Å²) < 4.78 is 50.2. The quantitative estimate of drug-likeness (QED) is 0.828. The maximum Gasteiger partial charge on any atom is 0.416 e. The fraction of sp³-hybridized carbons (Fsp3) is 0.600. The lowest BCUT2D eigenvalue weighted by molar-refractivity contribution is -0.137. The van der Waals surface area contributed by atoms with Gasteiger partial charge in [0.2, 0.25) is 0 Å². The van der Waals surface area contributed by atoms with Crippen LogP contribution in [0.5, 0.6) is 0 Å². The molecule has 0 radical (unpaired) electrons. The van der Waals surface area contributed by atoms with Crippen LogP contribution in [0, 0.1) is 5.92 Å². The van der Waals surface area contributed by atoms with Gasteiger partial charge in [0.05, 0.1) is 5.56 Å². The lowest BCUT2D eigenvalue weighted by Crippen LogP contribution is -2.24. The molecule has 0 aliphatic rings. The minimum absolute atomic E-state index is 0.324. The predicted molar refractivity (Wildman–Crippen MR) is 80.6 cm³/mol. The molecule has 1 rings (SSSR count). The molecule has 120 valence electrons. The van der Waals surface area contributed by atoms with Crippen LogP contribution in [0.1, 0.15) is 37.4 Å². The van der Waals surface area contributed by atoms with E-state index in [1.807, 2.05) is 0 Å². The van der Waals surface area contributed by atoms with Gasteiger partial charge in [-0.25, -0.2) is 0 Å². The van der Waals surface area contributed by atoms with Crippen LogP contribution >= 0.6 is 0 Å². The molecule has 0 aliphatic carbocycles. The average molecular weight is 321 g/mol. The molecule has 0 spiro atoms. The third kappa shape index (κ3) is 6.18. The van der Waals surface area contributed by atoms with Crippen molar-refractivity contribution in [1.82, 2.24) is 5.32 Å². The smallest absolute Gasteiger partial charge is 0.312 e. The molecule has 0 aromatic heterocycles. The van der Waals surface area contributed by atoms with Crippen LogP contribution in [0.3, 0.4) is 0 Å². The highest BCUT2D eigenvalue weighted by atomic mass is 32.2. The molecule has 0 heterocycles. The van der Waals surface area contributed by atoms with Gasteiger partial charge in [-0.1, -0.05) is 26.0 Å². The van der Waals surface area contributed by atoms with E-state index < -0.39 is 22.5 Å². The topological polar surface area (TPSA) is 29.1 Å². The minimum atomic E-state index is -4.36. The van der Waals surface area contributed by atoms with Crippen LogP contribution in [0.15, 0.2) is 24.3 Å². The Labute approximate surface area is 126 Å². The molecule has 0 saturated carbocycles. The van der Waals surface area contributed by atoms with E-state index >= 15 is 0 Å². The van der Waals surface area contributed by atoms with Gasteiger partial charge in [-0.3, -0.25) is 4.21 Å². The summed E-state index contributed by atoms with van der Waals surface area (Å²) in [7, 11) is 0.629. The Morgan fingerprint density at radius 3 is 2.48 bits per heavy atom. The van der Waals surface area contributed by atoms with Crippen molar-refractivity contribution in [2.75, 3.05) is 18.6 Å². The highest BCUT2D eigenvalue weighted by Crippen LogP contribution is 2.30. The molecule has 0 saturated heterocycles. The molecular formula is C15H22F3NOS. The molecule has 2 nitrogen and oxygen atoms in total. The van der Waals surface area contributed by atoms with Gasteiger partial charge in [-0.15, -0.1) is 0 Å². The second-order valence-electron chi connectivity index (χ2n) is 5.46. The van der Waals surface area contributed by atoms with Gasteiger partial charge in [0.15, 0.2) is 0 Å². The van der Waals surface area contributed by atoms with Crippen LogP contribution in [0.4, 0.5) is 13.2 Å². The molecule has 0 fully saturated rings. The molecule has 0 amide bonds. The van der Waals surface area contributed by atoms with Crippen molar-refractivity contribution in [3.05, 3.63) is 35.4 Å². The van der Waals surface area contributed by atoms with Crippen molar-refractivity contribution in [1.29, 1.82) is 0 Å². The highest BCUT2D eigenvalue weighted by molar-refractivity contribution is 7.85. The normalized spacial score (nSPS) is 15.2. The molecule has 1 aromatic carbocycles. The second-order valence-corrected chi connectivity index (χ2v) is 7.08. The predicted octanol–water partition coefficient (Wildman–Crippen LogP) is 3.76. The van der Waals surface area contributed by atoms with Crippen molar-refractivity contribution in [3.63, 3.8) is 0 Å². The zero-order valence-corrected chi connectivity index (χ0v) is 13.4. The van der Waals surface area contributed by atoms with Crippen molar-refractivity contribution in [2.45, 2.75) is 32.5 Å². The number of rotatable bonds is 7. The third-order valence-corrected chi connectivity index (χ3v) is 4.64. The number of hydrogen-bond acceptors (Lipinski definition) is 2. The van der Waals surface area contributed by atoms with E-state index in [0.29, 0.717) is 23.0 Å². The van der Waals surface area contributed by atoms with Crippen molar-refractivity contribution < 1.29 is 17.4 Å². The SMILES string of the molecule is CNC(CS(=O)CCC(C)C)c1cccc(C(F)(F)F)c1. The first-order chi connectivity index (χ1) is 9.74. The number of alkyl halides is 3. The Balaban J connectivity index is 2.78. The second kappa shape index (κ2) is 7.94. The van der Waals surface area contributed by atoms with Crippen molar-refractivity contribution in [3.8, 4) is 0 Å². The van der Waals surface area contributed by atoms with E-state index in [-0.39, 0.29) is 6.04 Å².